The van der Waals surface area contributed by atoms with Crippen LogP contribution in [0.15, 0.2) is 66.0 Å². The van der Waals surface area contributed by atoms with E-state index in [0.29, 0.717) is 5.69 Å². The first-order valence-corrected chi connectivity index (χ1v) is 10.5. The second-order valence-electron chi connectivity index (χ2n) is 6.56. The van der Waals surface area contributed by atoms with Gasteiger partial charge in [0.25, 0.3) is 0 Å². The standard InChI is InChI=1S/C21H20ClFN4S/c22-17-7-5-16(6-8-17)14-28-21-13-20(24-15-25-21)27-11-9-26(10-12-27)19-4-2-1-3-18(19)23/h1-8,13,15H,9-12,14H2. The minimum Gasteiger partial charge on any atom is -0.366 e. The molecule has 0 aliphatic carbocycles. The monoisotopic (exact) mass is 414 g/mol. The number of piperazine rings is 1. The molecule has 1 aliphatic rings. The Hall–Kier alpha value is -2.31. The molecule has 1 fully saturated rings. The fourth-order valence-electron chi connectivity index (χ4n) is 3.20. The maximum absolute atomic E-state index is 14.0. The van der Waals surface area contributed by atoms with Gasteiger partial charge in [-0.1, -0.05) is 35.9 Å². The molecular weight excluding hydrogens is 395 g/mol. The number of anilines is 2. The number of aromatic nitrogens is 2. The molecule has 4 rings (SSSR count). The summed E-state index contributed by atoms with van der Waals surface area (Å²) in [5.41, 5.74) is 1.87. The Morgan fingerprint density at radius 2 is 1.64 bits per heavy atom. The summed E-state index contributed by atoms with van der Waals surface area (Å²) in [5, 5.41) is 1.68. The third-order valence-corrected chi connectivity index (χ3v) is 5.97. The van der Waals surface area contributed by atoms with Crippen LogP contribution in [0.1, 0.15) is 5.56 Å². The summed E-state index contributed by atoms with van der Waals surface area (Å²) >= 11 is 7.61. The van der Waals surface area contributed by atoms with Gasteiger partial charge in [-0.25, -0.2) is 14.4 Å². The molecule has 2 heterocycles. The number of benzene rings is 2. The van der Waals surface area contributed by atoms with E-state index >= 15 is 0 Å². The van der Waals surface area contributed by atoms with Crippen LogP contribution in [0.5, 0.6) is 0 Å². The molecule has 28 heavy (non-hydrogen) atoms. The number of hydrogen-bond acceptors (Lipinski definition) is 5. The van der Waals surface area contributed by atoms with E-state index in [1.54, 1.807) is 24.2 Å². The van der Waals surface area contributed by atoms with Gasteiger partial charge in [-0.2, -0.15) is 0 Å². The summed E-state index contributed by atoms with van der Waals surface area (Å²) in [7, 11) is 0. The molecule has 0 unspecified atom stereocenters. The van der Waals surface area contributed by atoms with Crippen LogP contribution in [0.25, 0.3) is 0 Å². The smallest absolute Gasteiger partial charge is 0.146 e. The molecular formula is C21H20ClFN4S. The normalized spacial score (nSPS) is 14.4. The van der Waals surface area contributed by atoms with Crippen molar-refractivity contribution in [3.63, 3.8) is 0 Å². The Morgan fingerprint density at radius 3 is 2.39 bits per heavy atom. The van der Waals surface area contributed by atoms with Crippen LogP contribution in [0, 0.1) is 5.82 Å². The van der Waals surface area contributed by atoms with Gasteiger partial charge in [0.05, 0.1) is 5.69 Å². The van der Waals surface area contributed by atoms with Crippen LogP contribution >= 0.6 is 23.4 Å². The third kappa shape index (κ3) is 4.56. The van der Waals surface area contributed by atoms with E-state index in [9.17, 15) is 4.39 Å². The van der Waals surface area contributed by atoms with Crippen LogP contribution < -0.4 is 9.80 Å². The van der Waals surface area contributed by atoms with Gasteiger partial charge >= 0.3 is 0 Å². The highest BCUT2D eigenvalue weighted by Crippen LogP contribution is 2.26. The molecule has 0 N–H and O–H groups in total. The molecule has 0 saturated carbocycles. The van der Waals surface area contributed by atoms with E-state index in [1.165, 1.54) is 11.6 Å². The minimum atomic E-state index is -0.168. The van der Waals surface area contributed by atoms with Gasteiger partial charge in [0, 0.05) is 43.0 Å². The van der Waals surface area contributed by atoms with Gasteiger partial charge in [0.1, 0.15) is 23.0 Å². The van der Waals surface area contributed by atoms with Crippen LogP contribution in [0.4, 0.5) is 15.9 Å². The zero-order valence-electron chi connectivity index (χ0n) is 15.3. The average Bonchev–Trinajstić information content (AvgIpc) is 2.74. The molecule has 0 bridgehead atoms. The molecule has 0 amide bonds. The lowest BCUT2D eigenvalue weighted by Crippen LogP contribution is -2.47. The van der Waals surface area contributed by atoms with Crippen LogP contribution in [0.2, 0.25) is 5.02 Å². The molecule has 1 aliphatic heterocycles. The largest absolute Gasteiger partial charge is 0.366 e. The topological polar surface area (TPSA) is 32.3 Å². The Morgan fingerprint density at radius 1 is 0.929 bits per heavy atom. The van der Waals surface area contributed by atoms with Crippen molar-refractivity contribution >= 4 is 34.9 Å². The van der Waals surface area contributed by atoms with E-state index in [-0.39, 0.29) is 5.82 Å². The summed E-state index contributed by atoms with van der Waals surface area (Å²) in [6, 6.07) is 16.8. The van der Waals surface area contributed by atoms with Crippen molar-refractivity contribution in [2.24, 2.45) is 0 Å². The molecule has 3 aromatic rings. The van der Waals surface area contributed by atoms with Crippen molar-refractivity contribution in [3.05, 3.63) is 77.3 Å². The molecule has 4 nitrogen and oxygen atoms in total. The third-order valence-electron chi connectivity index (χ3n) is 4.72. The average molecular weight is 415 g/mol. The molecule has 2 aromatic carbocycles. The summed E-state index contributed by atoms with van der Waals surface area (Å²) in [6.45, 7) is 3.12. The minimum absolute atomic E-state index is 0.168. The molecule has 144 valence electrons. The van der Waals surface area contributed by atoms with Crippen molar-refractivity contribution in [2.75, 3.05) is 36.0 Å². The Bertz CT molecular complexity index is 930. The summed E-state index contributed by atoms with van der Waals surface area (Å²) < 4.78 is 14.0. The highest BCUT2D eigenvalue weighted by atomic mass is 35.5. The first kappa shape index (κ1) is 19.0. The number of rotatable bonds is 5. The molecule has 0 spiro atoms. The van der Waals surface area contributed by atoms with E-state index < -0.39 is 0 Å². The first-order valence-electron chi connectivity index (χ1n) is 9.13. The van der Waals surface area contributed by atoms with Gasteiger partial charge < -0.3 is 9.80 Å². The van der Waals surface area contributed by atoms with Crippen molar-refractivity contribution < 1.29 is 4.39 Å². The van der Waals surface area contributed by atoms with Crippen molar-refractivity contribution in [1.82, 2.24) is 9.97 Å². The van der Waals surface area contributed by atoms with E-state index in [1.807, 2.05) is 42.5 Å². The molecule has 1 saturated heterocycles. The summed E-state index contributed by atoms with van der Waals surface area (Å²) in [5.74, 6) is 1.58. The zero-order chi connectivity index (χ0) is 19.3. The molecule has 7 heteroatoms. The molecule has 0 atom stereocenters. The fourth-order valence-corrected chi connectivity index (χ4v) is 4.15. The SMILES string of the molecule is Fc1ccccc1N1CCN(c2cc(SCc3ccc(Cl)cc3)ncn2)CC1. The lowest BCUT2D eigenvalue weighted by atomic mass is 10.2. The van der Waals surface area contributed by atoms with E-state index in [4.69, 9.17) is 11.6 Å². The highest BCUT2D eigenvalue weighted by Gasteiger charge is 2.20. The molecule has 0 radical (unpaired) electrons. The maximum atomic E-state index is 14.0. The first-order chi connectivity index (χ1) is 13.7. The number of thioether (sulfide) groups is 1. The fraction of sp³-hybridized carbons (Fsp3) is 0.238. The summed E-state index contributed by atoms with van der Waals surface area (Å²) in [6.07, 6.45) is 1.61. The van der Waals surface area contributed by atoms with Gasteiger partial charge in [0.2, 0.25) is 0 Å². The van der Waals surface area contributed by atoms with E-state index in [2.05, 4.69) is 19.8 Å². The Kier molecular flexibility index (Phi) is 5.98. The lowest BCUT2D eigenvalue weighted by molar-refractivity contribution is 0.595. The number of halogens is 2. The number of nitrogens with zero attached hydrogens (tertiary/aromatic N) is 4. The van der Waals surface area contributed by atoms with Gasteiger partial charge in [0.15, 0.2) is 0 Å². The van der Waals surface area contributed by atoms with Crippen molar-refractivity contribution in [3.8, 4) is 0 Å². The van der Waals surface area contributed by atoms with Gasteiger partial charge in [-0.3, -0.25) is 0 Å². The van der Waals surface area contributed by atoms with Crippen LogP contribution in [-0.2, 0) is 5.75 Å². The van der Waals surface area contributed by atoms with Gasteiger partial charge in [-0.05, 0) is 29.8 Å². The number of hydrogen-bond donors (Lipinski definition) is 0. The molecule has 1 aromatic heterocycles. The highest BCUT2D eigenvalue weighted by molar-refractivity contribution is 7.98. The summed E-state index contributed by atoms with van der Waals surface area (Å²) in [4.78, 5) is 13.1. The van der Waals surface area contributed by atoms with Crippen molar-refractivity contribution in [2.45, 2.75) is 10.8 Å². The number of para-hydroxylation sites is 1. The van der Waals surface area contributed by atoms with Crippen molar-refractivity contribution in [1.29, 1.82) is 0 Å². The maximum Gasteiger partial charge on any atom is 0.146 e. The van der Waals surface area contributed by atoms with Crippen LogP contribution in [-0.4, -0.2) is 36.1 Å². The quantitative estimate of drug-likeness (QED) is 0.438. The lowest BCUT2D eigenvalue weighted by Gasteiger charge is -2.36. The second-order valence-corrected chi connectivity index (χ2v) is 7.99. The second kappa shape index (κ2) is 8.80. The van der Waals surface area contributed by atoms with Gasteiger partial charge in [-0.15, -0.1) is 11.8 Å². The van der Waals surface area contributed by atoms with Crippen LogP contribution in [0.3, 0.4) is 0 Å². The predicted molar refractivity (Wildman–Crippen MR) is 114 cm³/mol. The zero-order valence-corrected chi connectivity index (χ0v) is 16.8. The van der Waals surface area contributed by atoms with E-state index in [0.717, 1.165) is 47.8 Å². The Labute approximate surface area is 173 Å². The Balaban J connectivity index is 1.37. The predicted octanol–water partition coefficient (Wildman–Crippen LogP) is 4.89.